The van der Waals surface area contributed by atoms with Crippen LogP contribution < -0.4 is 21.7 Å². The SMILES string of the molecule is Cc1cc(N)nc(C)c1CNC(=O)c1ncc(Cc2ccc3ncc(Cl)cc3c2)[nH]1.Cc1cc(NC(=O)OC(C)(C)C)nc(C)c1CNC(=O)c1ncc(Cc2ccc3ncc(Cl)cc3c2)[nH]1. The fourth-order valence-corrected chi connectivity index (χ4v) is 7.69. The van der Waals surface area contributed by atoms with Crippen molar-refractivity contribution in [3.8, 4) is 0 Å². The molecule has 18 heteroatoms. The van der Waals surface area contributed by atoms with Crippen LogP contribution in [0.1, 0.15) is 98.2 Å². The summed E-state index contributed by atoms with van der Waals surface area (Å²) in [5, 5.41) is 11.5. The van der Waals surface area contributed by atoms with Crippen molar-refractivity contribution in [2.75, 3.05) is 11.1 Å². The number of anilines is 2. The molecule has 0 fully saturated rings. The first-order valence-electron chi connectivity index (χ1n) is 21.3. The Labute approximate surface area is 396 Å². The number of imidazole rings is 2. The third kappa shape index (κ3) is 12.7. The minimum Gasteiger partial charge on any atom is -0.444 e. The Morgan fingerprint density at radius 2 is 1.12 bits per heavy atom. The number of nitrogens with one attached hydrogen (secondary N) is 5. The summed E-state index contributed by atoms with van der Waals surface area (Å²) >= 11 is 12.1. The number of halogens is 2. The zero-order valence-corrected chi connectivity index (χ0v) is 39.6. The normalized spacial score (nSPS) is 11.2. The van der Waals surface area contributed by atoms with Gasteiger partial charge in [-0.2, -0.15) is 0 Å². The molecule has 6 heterocycles. The molecule has 344 valence electrons. The number of rotatable bonds is 11. The quantitative estimate of drug-likeness (QED) is 0.0716. The van der Waals surface area contributed by atoms with Crippen LogP contribution >= 0.6 is 23.2 Å². The van der Waals surface area contributed by atoms with Crippen molar-refractivity contribution in [3.63, 3.8) is 0 Å². The van der Waals surface area contributed by atoms with E-state index in [-0.39, 0.29) is 30.0 Å². The van der Waals surface area contributed by atoms with Crippen molar-refractivity contribution in [1.82, 2.24) is 50.5 Å². The maximum absolute atomic E-state index is 12.7. The average molecular weight is 942 g/mol. The molecule has 0 spiro atoms. The minimum atomic E-state index is -0.606. The van der Waals surface area contributed by atoms with E-state index in [2.05, 4.69) is 55.8 Å². The highest BCUT2D eigenvalue weighted by Crippen LogP contribution is 2.23. The van der Waals surface area contributed by atoms with Gasteiger partial charge in [-0.05, 0) is 130 Å². The van der Waals surface area contributed by atoms with Gasteiger partial charge in [-0.3, -0.25) is 24.9 Å². The molecule has 0 aliphatic carbocycles. The molecule has 0 radical (unpaired) electrons. The van der Waals surface area contributed by atoms with Gasteiger partial charge in [-0.15, -0.1) is 0 Å². The molecule has 8 rings (SSSR count). The fraction of sp³-hybridized carbons (Fsp3) is 0.245. The molecule has 6 aromatic heterocycles. The van der Waals surface area contributed by atoms with Crippen LogP contribution in [0.4, 0.5) is 16.4 Å². The number of amides is 3. The zero-order valence-electron chi connectivity index (χ0n) is 38.1. The highest BCUT2D eigenvalue weighted by atomic mass is 35.5. The van der Waals surface area contributed by atoms with Gasteiger partial charge in [-0.1, -0.05) is 35.3 Å². The number of hydrogen-bond acceptors (Lipinski definition) is 11. The Morgan fingerprint density at radius 3 is 1.58 bits per heavy atom. The number of aryl methyl sites for hydroxylation is 4. The Kier molecular flexibility index (Phi) is 14.5. The van der Waals surface area contributed by atoms with Crippen LogP contribution in [-0.2, 0) is 30.7 Å². The summed E-state index contributed by atoms with van der Waals surface area (Å²) in [7, 11) is 0. The van der Waals surface area contributed by atoms with Crippen LogP contribution in [0.25, 0.3) is 21.8 Å². The number of ether oxygens (including phenoxy) is 1. The molecule has 0 saturated heterocycles. The Bertz CT molecular complexity index is 3100. The number of aromatic amines is 2. The van der Waals surface area contributed by atoms with E-state index in [1.54, 1.807) is 57.7 Å². The molecule has 0 atom stereocenters. The summed E-state index contributed by atoms with van der Waals surface area (Å²) in [6.45, 7) is 13.6. The molecule has 3 amide bonds. The lowest BCUT2D eigenvalue weighted by Crippen LogP contribution is -2.28. The number of fused-ring (bicyclic) bond motifs is 2. The van der Waals surface area contributed by atoms with Crippen molar-refractivity contribution in [3.05, 3.63) is 163 Å². The molecule has 0 bridgehead atoms. The monoisotopic (exact) mass is 940 g/mol. The third-order valence-corrected chi connectivity index (χ3v) is 10.9. The highest BCUT2D eigenvalue weighted by molar-refractivity contribution is 6.31. The topological polar surface area (TPSA) is 231 Å². The average Bonchev–Trinajstić information content (AvgIpc) is 3.92. The second kappa shape index (κ2) is 20.4. The molecular formula is C49H50Cl2N12O4. The van der Waals surface area contributed by atoms with Gasteiger partial charge in [0.1, 0.15) is 17.2 Å². The molecule has 8 aromatic rings. The van der Waals surface area contributed by atoms with E-state index in [4.69, 9.17) is 33.7 Å². The number of pyridine rings is 4. The van der Waals surface area contributed by atoms with E-state index in [0.29, 0.717) is 46.8 Å². The maximum atomic E-state index is 12.7. The first-order valence-corrected chi connectivity index (χ1v) is 22.0. The van der Waals surface area contributed by atoms with Gasteiger partial charge >= 0.3 is 6.09 Å². The van der Waals surface area contributed by atoms with Gasteiger partial charge < -0.3 is 31.1 Å². The summed E-state index contributed by atoms with van der Waals surface area (Å²) in [4.78, 5) is 69.3. The minimum absolute atomic E-state index is 0.229. The standard InChI is InChI=1S/C27H29ClN6O3.C22H21ClN6O/c1-15-8-23(34-26(36)37-27(3,4)5)32-16(2)21(15)14-31-25(35)24-30-13-20(33-24)10-17-6-7-22-18(9-17)11-19(28)12-29-22;1-12-5-20(24)28-13(2)18(12)11-27-22(30)21-26-10-17(29-21)7-14-3-4-19-15(6-14)8-16(23)9-25-19/h6-9,11-13H,10,14H2,1-5H3,(H,30,33)(H,31,35)(H,32,34,36);3-6,8-10H,7,11H2,1-2H3,(H2,24,28)(H,26,29)(H,27,30). The molecule has 0 saturated carbocycles. The molecule has 2 aromatic carbocycles. The van der Waals surface area contributed by atoms with Crippen molar-refractivity contribution in [1.29, 1.82) is 0 Å². The first kappa shape index (κ1) is 47.5. The van der Waals surface area contributed by atoms with Crippen LogP contribution in [0.2, 0.25) is 10.0 Å². The molecule has 7 N–H and O–H groups in total. The summed E-state index contributed by atoms with van der Waals surface area (Å²) in [5.41, 5.74) is 15.9. The third-order valence-electron chi connectivity index (χ3n) is 10.5. The van der Waals surface area contributed by atoms with Crippen LogP contribution in [-0.4, -0.2) is 63.4 Å². The summed E-state index contributed by atoms with van der Waals surface area (Å²) in [5.74, 6) is 0.771. The molecular weight excluding hydrogens is 892 g/mol. The van der Waals surface area contributed by atoms with E-state index in [9.17, 15) is 14.4 Å². The number of hydrogen-bond donors (Lipinski definition) is 6. The molecule has 0 aliphatic rings. The molecule has 67 heavy (non-hydrogen) atoms. The maximum Gasteiger partial charge on any atom is 0.413 e. The van der Waals surface area contributed by atoms with Crippen molar-refractivity contribution < 1.29 is 19.1 Å². The lowest BCUT2D eigenvalue weighted by Gasteiger charge is -2.20. The van der Waals surface area contributed by atoms with Crippen molar-refractivity contribution in [2.45, 2.75) is 80.0 Å². The summed E-state index contributed by atoms with van der Waals surface area (Å²) < 4.78 is 5.28. The number of benzene rings is 2. The van der Waals surface area contributed by atoms with Gasteiger partial charge in [-0.25, -0.2) is 24.7 Å². The number of nitrogens with two attached hydrogens (primary N) is 1. The first-order chi connectivity index (χ1) is 31.8. The Morgan fingerprint density at radius 1 is 0.642 bits per heavy atom. The molecule has 16 nitrogen and oxygen atoms in total. The van der Waals surface area contributed by atoms with Gasteiger partial charge in [0.05, 0.1) is 21.1 Å². The van der Waals surface area contributed by atoms with Gasteiger partial charge in [0.25, 0.3) is 11.8 Å². The fourth-order valence-electron chi connectivity index (χ4n) is 7.35. The van der Waals surface area contributed by atoms with Crippen LogP contribution in [0.3, 0.4) is 0 Å². The van der Waals surface area contributed by atoms with Gasteiger partial charge in [0, 0.05) is 84.3 Å². The van der Waals surface area contributed by atoms with Crippen LogP contribution in [0.5, 0.6) is 0 Å². The number of nitrogen functional groups attached to an aromatic ring is 1. The summed E-state index contributed by atoms with van der Waals surface area (Å²) in [6.07, 6.45) is 7.21. The second-order valence-corrected chi connectivity index (χ2v) is 17.9. The lowest BCUT2D eigenvalue weighted by molar-refractivity contribution is 0.0634. The molecule has 0 aliphatic heterocycles. The second-order valence-electron chi connectivity index (χ2n) is 17.0. The largest absolute Gasteiger partial charge is 0.444 e. The predicted molar refractivity (Wildman–Crippen MR) is 260 cm³/mol. The Balaban J connectivity index is 0.000000203. The van der Waals surface area contributed by atoms with Crippen LogP contribution in [0.15, 0.2) is 85.5 Å². The van der Waals surface area contributed by atoms with Crippen molar-refractivity contribution in [2.24, 2.45) is 0 Å². The lowest BCUT2D eigenvalue weighted by atomic mass is 10.1. The number of nitrogens with zero attached hydrogens (tertiary/aromatic N) is 6. The van der Waals surface area contributed by atoms with E-state index in [1.807, 2.05) is 76.2 Å². The van der Waals surface area contributed by atoms with Gasteiger partial charge in [0.15, 0.2) is 11.6 Å². The van der Waals surface area contributed by atoms with Crippen molar-refractivity contribution >= 4 is 74.6 Å². The number of aromatic nitrogens is 8. The zero-order chi connectivity index (χ0) is 48.0. The van der Waals surface area contributed by atoms with Gasteiger partial charge in [0.2, 0.25) is 0 Å². The van der Waals surface area contributed by atoms with E-state index < -0.39 is 11.7 Å². The van der Waals surface area contributed by atoms with Crippen LogP contribution in [0, 0.1) is 27.7 Å². The number of H-pyrrole nitrogens is 2. The van der Waals surface area contributed by atoms with E-state index >= 15 is 0 Å². The number of carbonyl (C=O) groups is 3. The Hall–Kier alpha value is -7.43. The smallest absolute Gasteiger partial charge is 0.413 e. The van der Waals surface area contributed by atoms with E-state index in [0.717, 1.165) is 72.3 Å². The van der Waals surface area contributed by atoms with E-state index in [1.165, 1.54) is 0 Å². The summed E-state index contributed by atoms with van der Waals surface area (Å²) in [6, 6.07) is 19.2. The molecule has 0 unspecified atom stereocenters. The highest BCUT2D eigenvalue weighted by Gasteiger charge is 2.19. The number of carbonyl (C=O) groups excluding carboxylic acids is 3. The predicted octanol–water partition coefficient (Wildman–Crippen LogP) is 9.22.